The average Bonchev–Trinajstić information content (AvgIpc) is 2.36. The van der Waals surface area contributed by atoms with Crippen LogP contribution in [0.4, 0.5) is 11.4 Å². The molecule has 0 spiro atoms. The van der Waals surface area contributed by atoms with Crippen LogP contribution in [0.1, 0.15) is 32.3 Å². The van der Waals surface area contributed by atoms with Crippen LogP contribution in [-0.4, -0.2) is 23.1 Å². The molecule has 1 saturated heterocycles. The van der Waals surface area contributed by atoms with E-state index in [0.717, 1.165) is 25.2 Å². The minimum Gasteiger partial charge on any atom is -0.391 e. The third-order valence-electron chi connectivity index (χ3n) is 3.70. The van der Waals surface area contributed by atoms with Gasteiger partial charge >= 0.3 is 0 Å². The summed E-state index contributed by atoms with van der Waals surface area (Å²) in [4.78, 5) is 12.6. The quantitative estimate of drug-likeness (QED) is 0.673. The van der Waals surface area contributed by atoms with Gasteiger partial charge in [-0.1, -0.05) is 13.8 Å². The number of nitro benzene ring substituents is 1. The van der Waals surface area contributed by atoms with Crippen LogP contribution in [-0.2, 0) is 6.61 Å². The molecule has 0 aliphatic carbocycles. The van der Waals surface area contributed by atoms with E-state index < -0.39 is 4.92 Å². The lowest BCUT2D eigenvalue weighted by Crippen LogP contribution is -2.40. The largest absolute Gasteiger partial charge is 0.391 e. The number of piperidine rings is 1. The first-order valence-corrected chi connectivity index (χ1v) is 6.56. The van der Waals surface area contributed by atoms with Crippen molar-refractivity contribution in [1.82, 2.24) is 0 Å². The zero-order valence-electron chi connectivity index (χ0n) is 11.4. The molecule has 0 bridgehead atoms. The third kappa shape index (κ3) is 3.04. The normalized spacial score (nSPS) is 18.4. The van der Waals surface area contributed by atoms with Crippen LogP contribution in [0.15, 0.2) is 18.2 Å². The van der Waals surface area contributed by atoms with Gasteiger partial charge in [-0.15, -0.1) is 0 Å². The standard InChI is InChI=1S/C14H20N2O3/c1-14(2)6-3-7-15(10-14)12-4-5-13(16(18)19)11(8-12)9-17/h4-5,8,17H,3,6-7,9-10H2,1-2H3. The highest BCUT2D eigenvalue weighted by molar-refractivity contribution is 5.56. The van der Waals surface area contributed by atoms with Crippen LogP contribution in [0.2, 0.25) is 0 Å². The van der Waals surface area contributed by atoms with Crippen molar-refractivity contribution in [3.8, 4) is 0 Å². The molecule has 5 nitrogen and oxygen atoms in total. The third-order valence-corrected chi connectivity index (χ3v) is 3.70. The van der Waals surface area contributed by atoms with Gasteiger partial charge in [-0.3, -0.25) is 10.1 Å². The molecule has 0 radical (unpaired) electrons. The first-order valence-electron chi connectivity index (χ1n) is 6.56. The summed E-state index contributed by atoms with van der Waals surface area (Å²) in [6, 6.07) is 5.00. The summed E-state index contributed by atoms with van der Waals surface area (Å²) in [5, 5.41) is 20.1. The van der Waals surface area contributed by atoms with Crippen LogP contribution in [0.5, 0.6) is 0 Å². The van der Waals surface area contributed by atoms with E-state index in [9.17, 15) is 15.2 Å². The van der Waals surface area contributed by atoms with E-state index in [-0.39, 0.29) is 17.7 Å². The highest BCUT2D eigenvalue weighted by Gasteiger charge is 2.27. The van der Waals surface area contributed by atoms with E-state index in [1.54, 1.807) is 12.1 Å². The van der Waals surface area contributed by atoms with Gasteiger partial charge < -0.3 is 10.0 Å². The molecule has 1 aliphatic heterocycles. The maximum absolute atomic E-state index is 10.9. The number of anilines is 1. The summed E-state index contributed by atoms with van der Waals surface area (Å²) < 4.78 is 0. The number of aliphatic hydroxyl groups is 1. The minimum atomic E-state index is -0.449. The van der Waals surface area contributed by atoms with Crippen molar-refractivity contribution in [2.75, 3.05) is 18.0 Å². The molecule has 0 unspecified atom stereocenters. The maximum atomic E-state index is 10.9. The van der Waals surface area contributed by atoms with E-state index in [2.05, 4.69) is 18.7 Å². The van der Waals surface area contributed by atoms with Gasteiger partial charge in [-0.25, -0.2) is 0 Å². The lowest BCUT2D eigenvalue weighted by Gasteiger charge is -2.39. The molecule has 104 valence electrons. The van der Waals surface area contributed by atoms with Crippen LogP contribution < -0.4 is 4.90 Å². The molecule has 0 saturated carbocycles. The van der Waals surface area contributed by atoms with Crippen LogP contribution in [0.3, 0.4) is 0 Å². The Morgan fingerprint density at radius 2 is 2.21 bits per heavy atom. The van der Waals surface area contributed by atoms with Crippen molar-refractivity contribution in [2.24, 2.45) is 5.41 Å². The first kappa shape index (κ1) is 13.8. The summed E-state index contributed by atoms with van der Waals surface area (Å²) >= 11 is 0. The van der Waals surface area contributed by atoms with Crippen LogP contribution in [0, 0.1) is 15.5 Å². The summed E-state index contributed by atoms with van der Waals surface area (Å²) in [5.74, 6) is 0. The van der Waals surface area contributed by atoms with Gasteiger partial charge in [0, 0.05) is 24.8 Å². The number of nitrogens with zero attached hydrogens (tertiary/aromatic N) is 2. The Balaban J connectivity index is 2.28. The van der Waals surface area contributed by atoms with E-state index >= 15 is 0 Å². The molecule has 1 aromatic carbocycles. The van der Waals surface area contributed by atoms with Gasteiger partial charge in [0.1, 0.15) is 0 Å². The topological polar surface area (TPSA) is 66.6 Å². The van der Waals surface area contributed by atoms with Gasteiger partial charge in [-0.05, 0) is 30.4 Å². The fourth-order valence-electron chi connectivity index (χ4n) is 2.72. The lowest BCUT2D eigenvalue weighted by atomic mass is 9.84. The fraction of sp³-hybridized carbons (Fsp3) is 0.571. The second kappa shape index (κ2) is 5.17. The van der Waals surface area contributed by atoms with Crippen LogP contribution in [0.25, 0.3) is 0 Å². The van der Waals surface area contributed by atoms with Crippen molar-refractivity contribution in [3.05, 3.63) is 33.9 Å². The van der Waals surface area contributed by atoms with Gasteiger partial charge in [0.2, 0.25) is 0 Å². The molecule has 1 heterocycles. The van der Waals surface area contributed by atoms with Crippen molar-refractivity contribution in [1.29, 1.82) is 0 Å². The van der Waals surface area contributed by atoms with Gasteiger partial charge in [0.15, 0.2) is 0 Å². The minimum absolute atomic E-state index is 0.0116. The number of rotatable bonds is 3. The molecule has 0 atom stereocenters. The Morgan fingerprint density at radius 1 is 1.47 bits per heavy atom. The van der Waals surface area contributed by atoms with Gasteiger partial charge in [0.05, 0.1) is 17.1 Å². The van der Waals surface area contributed by atoms with Crippen molar-refractivity contribution in [2.45, 2.75) is 33.3 Å². The molecule has 5 heteroatoms. The number of hydrogen-bond acceptors (Lipinski definition) is 4. The summed E-state index contributed by atoms with van der Waals surface area (Å²) in [6.45, 7) is 6.07. The summed E-state index contributed by atoms with van der Waals surface area (Å²) in [5.41, 5.74) is 1.59. The molecule has 2 rings (SSSR count). The lowest BCUT2D eigenvalue weighted by molar-refractivity contribution is -0.385. The van der Waals surface area contributed by atoms with Crippen molar-refractivity contribution < 1.29 is 10.0 Å². The average molecular weight is 264 g/mol. The zero-order valence-corrected chi connectivity index (χ0v) is 11.4. The molecular weight excluding hydrogens is 244 g/mol. The predicted molar refractivity (Wildman–Crippen MR) is 74.2 cm³/mol. The van der Waals surface area contributed by atoms with E-state index in [1.807, 2.05) is 0 Å². The molecule has 1 aromatic rings. The highest BCUT2D eigenvalue weighted by atomic mass is 16.6. The van der Waals surface area contributed by atoms with E-state index in [1.165, 1.54) is 12.5 Å². The number of aliphatic hydroxyl groups excluding tert-OH is 1. The molecule has 0 aromatic heterocycles. The Hall–Kier alpha value is -1.62. The second-order valence-corrected chi connectivity index (χ2v) is 5.92. The Morgan fingerprint density at radius 3 is 2.79 bits per heavy atom. The molecule has 0 amide bonds. The fourth-order valence-corrected chi connectivity index (χ4v) is 2.72. The number of benzene rings is 1. The Bertz CT molecular complexity index is 486. The summed E-state index contributed by atoms with van der Waals surface area (Å²) in [7, 11) is 0. The van der Waals surface area contributed by atoms with E-state index in [0.29, 0.717) is 5.56 Å². The monoisotopic (exact) mass is 264 g/mol. The molecule has 19 heavy (non-hydrogen) atoms. The Kier molecular flexibility index (Phi) is 3.75. The van der Waals surface area contributed by atoms with Crippen molar-refractivity contribution >= 4 is 11.4 Å². The molecule has 1 aliphatic rings. The first-order chi connectivity index (χ1) is 8.93. The molecular formula is C14H20N2O3. The number of nitro groups is 1. The van der Waals surface area contributed by atoms with E-state index in [4.69, 9.17) is 0 Å². The predicted octanol–water partition coefficient (Wildman–Crippen LogP) is 2.71. The van der Waals surface area contributed by atoms with Gasteiger partial charge in [-0.2, -0.15) is 0 Å². The van der Waals surface area contributed by atoms with Gasteiger partial charge in [0.25, 0.3) is 5.69 Å². The Labute approximate surface area is 113 Å². The molecule has 1 N–H and O–H groups in total. The smallest absolute Gasteiger partial charge is 0.275 e. The maximum Gasteiger partial charge on any atom is 0.275 e. The molecule has 1 fully saturated rings. The number of hydrogen-bond donors (Lipinski definition) is 1. The SMILES string of the molecule is CC1(C)CCCN(c2ccc([N+](=O)[O-])c(CO)c2)C1. The van der Waals surface area contributed by atoms with Crippen LogP contribution >= 0.6 is 0 Å². The second-order valence-electron chi connectivity index (χ2n) is 5.92. The zero-order chi connectivity index (χ0) is 14.0. The summed E-state index contributed by atoms with van der Waals surface area (Å²) in [6.07, 6.45) is 2.32. The van der Waals surface area contributed by atoms with Crippen molar-refractivity contribution in [3.63, 3.8) is 0 Å². The highest BCUT2D eigenvalue weighted by Crippen LogP contribution is 2.33.